The zero-order chi connectivity index (χ0) is 8.18. The summed E-state index contributed by atoms with van der Waals surface area (Å²) < 4.78 is 0. The van der Waals surface area contributed by atoms with Gasteiger partial charge < -0.3 is 5.32 Å². The van der Waals surface area contributed by atoms with E-state index in [0.717, 1.165) is 18.4 Å². The van der Waals surface area contributed by atoms with Crippen molar-refractivity contribution in [3.05, 3.63) is 29.6 Å². The van der Waals surface area contributed by atoms with Gasteiger partial charge in [-0.2, -0.15) is 0 Å². The van der Waals surface area contributed by atoms with Crippen molar-refractivity contribution in [2.45, 2.75) is 18.4 Å². The van der Waals surface area contributed by atoms with Gasteiger partial charge in [0.15, 0.2) is 0 Å². The fourth-order valence-electron chi connectivity index (χ4n) is 1.84. The number of aromatic nitrogens is 1. The van der Waals surface area contributed by atoms with Crippen LogP contribution in [0.3, 0.4) is 0 Å². The molecule has 1 amide bonds. The van der Waals surface area contributed by atoms with E-state index >= 15 is 0 Å². The van der Waals surface area contributed by atoms with Crippen molar-refractivity contribution < 1.29 is 4.79 Å². The van der Waals surface area contributed by atoms with Crippen LogP contribution >= 0.6 is 0 Å². The molecule has 3 heteroatoms. The molecule has 2 heterocycles. The molecule has 1 N–H and O–H groups in total. The molecule has 1 fully saturated rings. The average molecular weight is 160 g/mol. The average Bonchev–Trinajstić information content (AvgIpc) is 2.79. The Kier molecular flexibility index (Phi) is 0.865. The lowest BCUT2D eigenvalue weighted by atomic mass is 10.1. The first-order chi connectivity index (χ1) is 5.82. The molecule has 60 valence electrons. The number of carbonyl (C=O) groups is 1. The van der Waals surface area contributed by atoms with Crippen LogP contribution in [0.5, 0.6) is 0 Å². The lowest BCUT2D eigenvalue weighted by Crippen LogP contribution is -2.25. The van der Waals surface area contributed by atoms with Gasteiger partial charge in [0.2, 0.25) is 0 Å². The van der Waals surface area contributed by atoms with Gasteiger partial charge in [-0.05, 0) is 18.9 Å². The summed E-state index contributed by atoms with van der Waals surface area (Å²) in [6.07, 6.45) is 3.80. The fraction of sp³-hybridized carbons (Fsp3) is 0.333. The number of amides is 1. The third-order valence-corrected chi connectivity index (χ3v) is 2.64. The number of pyridine rings is 1. The van der Waals surface area contributed by atoms with E-state index in [9.17, 15) is 4.79 Å². The molecule has 0 unspecified atom stereocenters. The van der Waals surface area contributed by atoms with Crippen molar-refractivity contribution in [1.29, 1.82) is 0 Å². The van der Waals surface area contributed by atoms with E-state index in [4.69, 9.17) is 0 Å². The first-order valence-corrected chi connectivity index (χ1v) is 4.10. The van der Waals surface area contributed by atoms with E-state index in [-0.39, 0.29) is 11.4 Å². The van der Waals surface area contributed by atoms with Crippen LogP contribution in [-0.4, -0.2) is 10.9 Å². The van der Waals surface area contributed by atoms with Crippen molar-refractivity contribution in [2.75, 3.05) is 0 Å². The number of hydrogen-bond donors (Lipinski definition) is 1. The maximum absolute atomic E-state index is 11.3. The molecule has 3 rings (SSSR count). The number of nitrogens with zero attached hydrogens (tertiary/aromatic N) is 1. The molecule has 0 bridgehead atoms. The van der Waals surface area contributed by atoms with Gasteiger partial charge in [0, 0.05) is 11.8 Å². The minimum absolute atomic E-state index is 0.0110. The lowest BCUT2D eigenvalue weighted by molar-refractivity contribution is 0.0948. The van der Waals surface area contributed by atoms with Gasteiger partial charge >= 0.3 is 0 Å². The Labute approximate surface area is 69.8 Å². The molecule has 1 aliphatic heterocycles. The Bertz CT molecular complexity index is 369. The Morgan fingerprint density at radius 1 is 1.50 bits per heavy atom. The summed E-state index contributed by atoms with van der Waals surface area (Å²) in [5, 5.41) is 2.97. The predicted molar refractivity (Wildman–Crippen MR) is 42.6 cm³/mol. The monoisotopic (exact) mass is 160 g/mol. The van der Waals surface area contributed by atoms with Crippen LogP contribution in [0.15, 0.2) is 18.3 Å². The van der Waals surface area contributed by atoms with Gasteiger partial charge in [0.05, 0.1) is 5.54 Å². The highest BCUT2D eigenvalue weighted by Crippen LogP contribution is 2.49. The lowest BCUT2D eigenvalue weighted by Gasteiger charge is -2.05. The second-order valence-electron chi connectivity index (χ2n) is 3.44. The predicted octanol–water partition coefficient (Wildman–Crippen LogP) is 0.814. The normalized spacial score (nSPS) is 22.2. The van der Waals surface area contributed by atoms with Crippen molar-refractivity contribution in [3.8, 4) is 0 Å². The molecule has 1 aromatic rings. The first-order valence-electron chi connectivity index (χ1n) is 4.10. The summed E-state index contributed by atoms with van der Waals surface area (Å²) in [7, 11) is 0. The van der Waals surface area contributed by atoms with Gasteiger partial charge in [-0.3, -0.25) is 9.78 Å². The topological polar surface area (TPSA) is 42.0 Å². The number of nitrogens with one attached hydrogen (secondary N) is 1. The number of fused-ring (bicyclic) bond motifs is 2. The van der Waals surface area contributed by atoms with E-state index in [1.54, 1.807) is 6.20 Å². The third-order valence-electron chi connectivity index (χ3n) is 2.64. The Morgan fingerprint density at radius 2 is 2.33 bits per heavy atom. The van der Waals surface area contributed by atoms with E-state index < -0.39 is 0 Å². The van der Waals surface area contributed by atoms with E-state index in [1.165, 1.54) is 0 Å². The molecule has 3 nitrogen and oxygen atoms in total. The maximum Gasteiger partial charge on any atom is 0.270 e. The Morgan fingerprint density at radius 3 is 3.08 bits per heavy atom. The molecular weight excluding hydrogens is 152 g/mol. The van der Waals surface area contributed by atoms with Gasteiger partial charge in [-0.15, -0.1) is 0 Å². The van der Waals surface area contributed by atoms with Crippen LogP contribution in [0.2, 0.25) is 0 Å². The third kappa shape index (κ3) is 0.570. The zero-order valence-corrected chi connectivity index (χ0v) is 6.50. The van der Waals surface area contributed by atoms with E-state index in [1.807, 2.05) is 12.1 Å². The molecule has 1 spiro atoms. The molecule has 2 aliphatic rings. The summed E-state index contributed by atoms with van der Waals surface area (Å²) in [6.45, 7) is 0. The molecule has 0 atom stereocenters. The molecule has 0 radical (unpaired) electrons. The maximum atomic E-state index is 11.3. The van der Waals surface area contributed by atoms with Gasteiger partial charge in [0.1, 0.15) is 5.69 Å². The Balaban J connectivity index is 2.27. The highest BCUT2D eigenvalue weighted by atomic mass is 16.2. The quantitative estimate of drug-likeness (QED) is 0.610. The standard InChI is InChI=1S/C9H8N2O/c12-8-7-6(2-1-5-10-7)9(11-8)3-4-9/h1-2,5H,3-4H2,(H,11,12). The molecule has 1 saturated carbocycles. The Hall–Kier alpha value is -1.38. The molecule has 1 aliphatic carbocycles. The molecular formula is C9H8N2O. The molecule has 0 saturated heterocycles. The zero-order valence-electron chi connectivity index (χ0n) is 6.50. The minimum Gasteiger partial charge on any atom is -0.341 e. The van der Waals surface area contributed by atoms with E-state index in [0.29, 0.717) is 5.69 Å². The van der Waals surface area contributed by atoms with Crippen LogP contribution in [0.4, 0.5) is 0 Å². The van der Waals surface area contributed by atoms with Crippen molar-refractivity contribution in [3.63, 3.8) is 0 Å². The summed E-state index contributed by atoms with van der Waals surface area (Å²) >= 11 is 0. The highest BCUT2D eigenvalue weighted by Gasteiger charge is 2.52. The molecule has 12 heavy (non-hydrogen) atoms. The largest absolute Gasteiger partial charge is 0.341 e. The van der Waals surface area contributed by atoms with Crippen LogP contribution in [0.1, 0.15) is 28.9 Å². The van der Waals surface area contributed by atoms with Gasteiger partial charge in [-0.25, -0.2) is 0 Å². The first kappa shape index (κ1) is 6.17. The highest BCUT2D eigenvalue weighted by molar-refractivity contribution is 5.98. The number of hydrogen-bond acceptors (Lipinski definition) is 2. The number of carbonyl (C=O) groups excluding carboxylic acids is 1. The van der Waals surface area contributed by atoms with Gasteiger partial charge in [0.25, 0.3) is 5.91 Å². The molecule has 0 aromatic carbocycles. The summed E-state index contributed by atoms with van der Waals surface area (Å²) in [6, 6.07) is 3.88. The van der Waals surface area contributed by atoms with Crippen LogP contribution in [0, 0.1) is 0 Å². The SMILES string of the molecule is O=C1NC2(CC2)c2cccnc21. The van der Waals surface area contributed by atoms with Crippen LogP contribution < -0.4 is 5.32 Å². The van der Waals surface area contributed by atoms with Gasteiger partial charge in [-0.1, -0.05) is 6.07 Å². The smallest absolute Gasteiger partial charge is 0.270 e. The summed E-state index contributed by atoms with van der Waals surface area (Å²) in [5.41, 5.74) is 1.70. The van der Waals surface area contributed by atoms with Crippen molar-refractivity contribution in [2.24, 2.45) is 0 Å². The van der Waals surface area contributed by atoms with Crippen molar-refractivity contribution in [1.82, 2.24) is 10.3 Å². The van der Waals surface area contributed by atoms with Crippen LogP contribution in [-0.2, 0) is 5.54 Å². The minimum atomic E-state index is -0.0132. The molecule has 1 aromatic heterocycles. The van der Waals surface area contributed by atoms with E-state index in [2.05, 4.69) is 10.3 Å². The summed E-state index contributed by atoms with van der Waals surface area (Å²) in [4.78, 5) is 15.4. The van der Waals surface area contributed by atoms with Crippen molar-refractivity contribution >= 4 is 5.91 Å². The second kappa shape index (κ2) is 1.68. The van der Waals surface area contributed by atoms with Crippen LogP contribution in [0.25, 0.3) is 0 Å². The number of rotatable bonds is 0. The fourth-order valence-corrected chi connectivity index (χ4v) is 1.84. The second-order valence-corrected chi connectivity index (χ2v) is 3.44. The summed E-state index contributed by atoms with van der Waals surface area (Å²) in [5.74, 6) is -0.0110.